The van der Waals surface area contributed by atoms with Gasteiger partial charge < -0.3 is 4.74 Å². The van der Waals surface area contributed by atoms with Crippen LogP contribution in [0.25, 0.3) is 0 Å². The highest BCUT2D eigenvalue weighted by Gasteiger charge is 2.18. The summed E-state index contributed by atoms with van der Waals surface area (Å²) in [4.78, 5) is 31.6. The third-order valence-corrected chi connectivity index (χ3v) is 2.85. The Morgan fingerprint density at radius 3 is 2.00 bits per heavy atom. The zero-order valence-electron chi connectivity index (χ0n) is 11.3. The van der Waals surface area contributed by atoms with Crippen LogP contribution in [0.5, 0.6) is 5.75 Å². The van der Waals surface area contributed by atoms with Crippen molar-refractivity contribution in [3.63, 3.8) is 0 Å². The van der Waals surface area contributed by atoms with Crippen molar-refractivity contribution in [3.05, 3.63) is 67.7 Å². The first-order chi connectivity index (χ1) is 10.8. The Kier molecular flexibility index (Phi) is 4.72. The first kappa shape index (κ1) is 16.2. The van der Waals surface area contributed by atoms with E-state index in [0.717, 1.165) is 18.2 Å². The number of carbonyl (C=O) groups excluding carboxylic acids is 1. The van der Waals surface area contributed by atoms with Gasteiger partial charge in [-0.3, -0.25) is 25.5 Å². The third-order valence-electron chi connectivity index (χ3n) is 2.59. The number of nitrogens with zero attached hydrogens (tertiary/aromatic N) is 2. The molecule has 0 aromatic heterocycles. The van der Waals surface area contributed by atoms with Crippen molar-refractivity contribution < 1.29 is 19.4 Å². The van der Waals surface area contributed by atoms with Crippen molar-refractivity contribution >= 4 is 34.8 Å². The summed E-state index contributed by atoms with van der Waals surface area (Å²) in [5.74, 6) is 0.187. The van der Waals surface area contributed by atoms with Crippen LogP contribution in [0, 0.1) is 20.2 Å². The highest BCUT2D eigenvalue weighted by Crippen LogP contribution is 2.26. The number of nitrogens with one attached hydrogen (secondary N) is 1. The number of nitro groups is 2. The molecule has 0 aliphatic carbocycles. The van der Waals surface area contributed by atoms with Crippen molar-refractivity contribution in [2.24, 2.45) is 0 Å². The van der Waals surface area contributed by atoms with Gasteiger partial charge in [0.2, 0.25) is 0 Å². The van der Waals surface area contributed by atoms with Gasteiger partial charge in [-0.25, -0.2) is 4.79 Å². The molecule has 10 heteroatoms. The highest BCUT2D eigenvalue weighted by molar-refractivity contribution is 6.30. The molecule has 0 saturated carbocycles. The van der Waals surface area contributed by atoms with Gasteiger partial charge in [-0.2, -0.15) is 0 Å². The number of rotatable bonds is 4. The molecule has 0 bridgehead atoms. The van der Waals surface area contributed by atoms with Crippen LogP contribution in [0.1, 0.15) is 0 Å². The van der Waals surface area contributed by atoms with Crippen molar-refractivity contribution in [1.29, 1.82) is 0 Å². The molecular weight excluding hydrogens is 330 g/mol. The van der Waals surface area contributed by atoms with E-state index in [-0.39, 0.29) is 11.4 Å². The van der Waals surface area contributed by atoms with Crippen LogP contribution < -0.4 is 10.1 Å². The standard InChI is InChI=1S/C13H8ClN3O6/c14-8-1-3-12(4-2-8)23-13(18)15-9-5-10(16(19)20)7-11(6-9)17(21)22/h1-7H,(H,15,18). The molecule has 1 amide bonds. The van der Waals surface area contributed by atoms with Gasteiger partial charge in [0.1, 0.15) is 5.75 Å². The molecule has 0 atom stereocenters. The molecular formula is C13H8ClN3O6. The van der Waals surface area contributed by atoms with Crippen LogP contribution in [0.3, 0.4) is 0 Å². The maximum Gasteiger partial charge on any atom is 0.417 e. The number of halogens is 1. The summed E-state index contributed by atoms with van der Waals surface area (Å²) in [6, 6.07) is 8.64. The van der Waals surface area contributed by atoms with E-state index >= 15 is 0 Å². The van der Waals surface area contributed by atoms with E-state index in [4.69, 9.17) is 16.3 Å². The maximum atomic E-state index is 11.7. The molecule has 0 aliphatic rings. The zero-order valence-corrected chi connectivity index (χ0v) is 12.0. The lowest BCUT2D eigenvalue weighted by atomic mass is 10.2. The van der Waals surface area contributed by atoms with E-state index in [9.17, 15) is 25.0 Å². The van der Waals surface area contributed by atoms with Gasteiger partial charge in [-0.1, -0.05) is 11.6 Å². The molecule has 0 unspecified atom stereocenters. The molecule has 0 heterocycles. The van der Waals surface area contributed by atoms with Crippen LogP contribution in [0.15, 0.2) is 42.5 Å². The summed E-state index contributed by atoms with van der Waals surface area (Å²) in [6.07, 6.45) is -0.956. The zero-order chi connectivity index (χ0) is 17.0. The smallest absolute Gasteiger partial charge is 0.410 e. The molecule has 1 N–H and O–H groups in total. The summed E-state index contributed by atoms with van der Waals surface area (Å²) < 4.78 is 4.93. The molecule has 2 aromatic carbocycles. The minimum atomic E-state index is -0.956. The van der Waals surface area contributed by atoms with E-state index in [1.807, 2.05) is 0 Å². The largest absolute Gasteiger partial charge is 0.417 e. The van der Waals surface area contributed by atoms with E-state index in [1.54, 1.807) is 0 Å². The number of ether oxygens (including phenoxy) is 1. The van der Waals surface area contributed by atoms with Gasteiger partial charge >= 0.3 is 6.09 Å². The first-order valence-electron chi connectivity index (χ1n) is 6.03. The number of benzene rings is 2. The van der Waals surface area contributed by atoms with E-state index in [1.165, 1.54) is 24.3 Å². The fourth-order valence-corrected chi connectivity index (χ4v) is 1.76. The Morgan fingerprint density at radius 1 is 1.00 bits per heavy atom. The van der Waals surface area contributed by atoms with E-state index in [0.29, 0.717) is 5.02 Å². The normalized spacial score (nSPS) is 9.96. The third kappa shape index (κ3) is 4.38. The molecule has 0 radical (unpaired) electrons. The predicted octanol–water partition coefficient (Wildman–Crippen LogP) is 3.77. The summed E-state index contributed by atoms with van der Waals surface area (Å²) in [6.45, 7) is 0. The van der Waals surface area contributed by atoms with E-state index < -0.39 is 27.3 Å². The number of carbonyl (C=O) groups is 1. The van der Waals surface area contributed by atoms with Gasteiger partial charge in [-0.15, -0.1) is 0 Å². The lowest BCUT2D eigenvalue weighted by molar-refractivity contribution is -0.394. The molecule has 2 rings (SSSR count). The lowest BCUT2D eigenvalue weighted by Gasteiger charge is -2.06. The number of nitro benzene ring substituents is 2. The monoisotopic (exact) mass is 337 g/mol. The van der Waals surface area contributed by atoms with Crippen molar-refractivity contribution in [2.45, 2.75) is 0 Å². The highest BCUT2D eigenvalue weighted by atomic mass is 35.5. The van der Waals surface area contributed by atoms with Gasteiger partial charge in [0.05, 0.1) is 21.6 Å². The van der Waals surface area contributed by atoms with Crippen molar-refractivity contribution in [2.75, 3.05) is 5.32 Å². The van der Waals surface area contributed by atoms with Crippen molar-refractivity contribution in [1.82, 2.24) is 0 Å². The molecule has 9 nitrogen and oxygen atoms in total. The molecule has 2 aromatic rings. The average molecular weight is 338 g/mol. The Bertz CT molecular complexity index is 746. The quantitative estimate of drug-likeness (QED) is 0.668. The molecule has 0 aliphatic heterocycles. The van der Waals surface area contributed by atoms with Crippen LogP contribution >= 0.6 is 11.6 Å². The second-order valence-electron chi connectivity index (χ2n) is 4.22. The van der Waals surface area contributed by atoms with Gasteiger partial charge in [0.15, 0.2) is 0 Å². The SMILES string of the molecule is O=C(Nc1cc([N+](=O)[O-])cc([N+](=O)[O-])c1)Oc1ccc(Cl)cc1. The van der Waals surface area contributed by atoms with Crippen LogP contribution in [-0.4, -0.2) is 15.9 Å². The fraction of sp³-hybridized carbons (Fsp3) is 0. The predicted molar refractivity (Wildman–Crippen MR) is 80.8 cm³/mol. The number of hydrogen-bond donors (Lipinski definition) is 1. The second-order valence-corrected chi connectivity index (χ2v) is 4.66. The van der Waals surface area contributed by atoms with Crippen LogP contribution in [-0.2, 0) is 0 Å². The Labute approximate surface area is 133 Å². The number of amides is 1. The molecule has 118 valence electrons. The number of hydrogen-bond acceptors (Lipinski definition) is 6. The maximum absolute atomic E-state index is 11.7. The van der Waals surface area contributed by atoms with Gasteiger partial charge in [0.25, 0.3) is 11.4 Å². The number of anilines is 1. The molecule has 0 fully saturated rings. The summed E-state index contributed by atoms with van der Waals surface area (Å²) >= 11 is 5.69. The second kappa shape index (κ2) is 6.71. The molecule has 0 spiro atoms. The Morgan fingerprint density at radius 2 is 1.52 bits per heavy atom. The van der Waals surface area contributed by atoms with Gasteiger partial charge in [0, 0.05) is 17.2 Å². The first-order valence-corrected chi connectivity index (χ1v) is 6.41. The average Bonchev–Trinajstić information content (AvgIpc) is 2.49. The minimum Gasteiger partial charge on any atom is -0.410 e. The topological polar surface area (TPSA) is 125 Å². The van der Waals surface area contributed by atoms with Crippen LogP contribution in [0.2, 0.25) is 5.02 Å². The van der Waals surface area contributed by atoms with Gasteiger partial charge in [-0.05, 0) is 24.3 Å². The van der Waals surface area contributed by atoms with Crippen molar-refractivity contribution in [3.8, 4) is 5.75 Å². The Balaban J connectivity index is 2.18. The molecule has 23 heavy (non-hydrogen) atoms. The lowest BCUT2D eigenvalue weighted by Crippen LogP contribution is -2.16. The minimum absolute atomic E-state index is 0.134. The number of non-ortho nitro benzene ring substituents is 2. The van der Waals surface area contributed by atoms with E-state index in [2.05, 4.69) is 5.32 Å². The summed E-state index contributed by atoms with van der Waals surface area (Å²) in [5, 5.41) is 24.2. The molecule has 0 saturated heterocycles. The Hall–Kier alpha value is -3.20. The summed E-state index contributed by atoms with van der Waals surface area (Å²) in [7, 11) is 0. The summed E-state index contributed by atoms with van der Waals surface area (Å²) in [5.41, 5.74) is -1.19. The fourth-order valence-electron chi connectivity index (χ4n) is 1.63. The van der Waals surface area contributed by atoms with Crippen LogP contribution in [0.4, 0.5) is 21.9 Å².